The minimum absolute atomic E-state index is 0.0546. The molecule has 0 aliphatic heterocycles. The maximum absolute atomic E-state index is 12.0. The average Bonchev–Trinajstić information content (AvgIpc) is 2.96. The Morgan fingerprint density at radius 1 is 1.05 bits per heavy atom. The molecule has 21 heavy (non-hydrogen) atoms. The second-order valence-electron chi connectivity index (χ2n) is 4.96. The summed E-state index contributed by atoms with van der Waals surface area (Å²) >= 11 is 0. The third kappa shape index (κ3) is 3.34. The van der Waals surface area contributed by atoms with Crippen LogP contribution in [0.2, 0.25) is 0 Å². The molecule has 0 saturated carbocycles. The maximum atomic E-state index is 12.0. The van der Waals surface area contributed by atoms with Crippen LogP contribution < -0.4 is 0 Å². The van der Waals surface area contributed by atoms with Crippen LogP contribution in [0.4, 0.5) is 0 Å². The Morgan fingerprint density at radius 2 is 1.90 bits per heavy atom. The largest absolute Gasteiger partial charge is 0.432 e. The molecule has 0 aliphatic carbocycles. The summed E-state index contributed by atoms with van der Waals surface area (Å²) in [5.74, 6) is 0.115. The summed E-state index contributed by atoms with van der Waals surface area (Å²) in [5.41, 5.74) is 2.35. The Hall–Kier alpha value is -2.49. The van der Waals surface area contributed by atoms with E-state index in [0.717, 1.165) is 19.3 Å². The van der Waals surface area contributed by atoms with Gasteiger partial charge in [0.25, 0.3) is 5.89 Å². The highest BCUT2D eigenvalue weighted by molar-refractivity contribution is 5.93. The molecule has 0 aliphatic rings. The molecule has 0 unspecified atom stereocenters. The van der Waals surface area contributed by atoms with Gasteiger partial charge in [-0.05, 0) is 37.0 Å². The molecule has 0 atom stereocenters. The summed E-state index contributed by atoms with van der Waals surface area (Å²) in [4.78, 5) is 20.2. The zero-order valence-corrected chi connectivity index (χ0v) is 11.7. The van der Waals surface area contributed by atoms with Crippen LogP contribution in [0.3, 0.4) is 0 Å². The van der Waals surface area contributed by atoms with Gasteiger partial charge in [-0.3, -0.25) is 4.79 Å². The molecule has 0 fully saturated rings. The fourth-order valence-corrected chi connectivity index (χ4v) is 2.25. The minimum atomic E-state index is -0.0546. The summed E-state index contributed by atoms with van der Waals surface area (Å²) in [5, 5.41) is 0. The van der Waals surface area contributed by atoms with Gasteiger partial charge in [0.1, 0.15) is 0 Å². The van der Waals surface area contributed by atoms with Crippen LogP contribution in [0.15, 0.2) is 53.1 Å². The van der Waals surface area contributed by atoms with Gasteiger partial charge in [0.15, 0.2) is 11.2 Å². The van der Waals surface area contributed by atoms with Gasteiger partial charge >= 0.3 is 0 Å². The number of hydrogen-bond donors (Lipinski definition) is 0. The van der Waals surface area contributed by atoms with Crippen LogP contribution in [0.25, 0.3) is 11.2 Å². The first kappa shape index (κ1) is 13.5. The second-order valence-corrected chi connectivity index (χ2v) is 4.96. The van der Waals surface area contributed by atoms with Gasteiger partial charge in [-0.2, -0.15) is 4.98 Å². The highest BCUT2D eigenvalue weighted by Crippen LogP contribution is 2.15. The van der Waals surface area contributed by atoms with E-state index in [2.05, 4.69) is 22.1 Å². The molecule has 2 heterocycles. The van der Waals surface area contributed by atoms with Crippen molar-refractivity contribution >= 4 is 17.0 Å². The predicted octanol–water partition coefficient (Wildman–Crippen LogP) is 3.82. The molecule has 0 saturated heterocycles. The van der Waals surface area contributed by atoms with E-state index in [1.165, 1.54) is 5.56 Å². The van der Waals surface area contributed by atoms with E-state index in [-0.39, 0.29) is 11.7 Å². The summed E-state index contributed by atoms with van der Waals surface area (Å²) < 4.78 is 5.42. The molecule has 3 rings (SSSR count). The topological polar surface area (TPSA) is 56.0 Å². The molecule has 3 aromatic rings. The smallest absolute Gasteiger partial charge is 0.265 e. The number of fused-ring (bicyclic) bond motifs is 1. The number of pyridine rings is 1. The Balaban J connectivity index is 1.52. The highest BCUT2D eigenvalue weighted by atomic mass is 16.4. The number of aryl methyl sites for hydroxylation is 1. The monoisotopic (exact) mass is 280 g/mol. The van der Waals surface area contributed by atoms with Crippen LogP contribution in [0.1, 0.15) is 35.5 Å². The Kier molecular flexibility index (Phi) is 4.05. The van der Waals surface area contributed by atoms with Gasteiger partial charge in [0, 0.05) is 12.6 Å². The number of ketones is 1. The van der Waals surface area contributed by atoms with Crippen molar-refractivity contribution in [1.82, 2.24) is 9.97 Å². The summed E-state index contributed by atoms with van der Waals surface area (Å²) in [6, 6.07) is 13.8. The van der Waals surface area contributed by atoms with Crippen molar-refractivity contribution < 1.29 is 9.21 Å². The molecule has 0 bridgehead atoms. The lowest BCUT2D eigenvalue weighted by Crippen LogP contribution is -1.99. The molecule has 0 spiro atoms. The van der Waals surface area contributed by atoms with E-state index in [4.69, 9.17) is 4.42 Å². The number of unbranched alkanes of at least 4 members (excludes halogenated alkanes) is 1. The molecule has 4 nitrogen and oxygen atoms in total. The summed E-state index contributed by atoms with van der Waals surface area (Å²) in [6.45, 7) is 0. The van der Waals surface area contributed by atoms with E-state index in [0.29, 0.717) is 17.7 Å². The lowest BCUT2D eigenvalue weighted by molar-refractivity contribution is 0.0948. The van der Waals surface area contributed by atoms with Crippen molar-refractivity contribution in [2.75, 3.05) is 0 Å². The third-order valence-electron chi connectivity index (χ3n) is 3.37. The molecule has 106 valence electrons. The van der Waals surface area contributed by atoms with Crippen LogP contribution in [0, 0.1) is 0 Å². The summed E-state index contributed by atoms with van der Waals surface area (Å²) in [6.07, 6.45) is 4.90. The highest BCUT2D eigenvalue weighted by Gasteiger charge is 2.14. The predicted molar refractivity (Wildman–Crippen MR) is 80.1 cm³/mol. The Labute approximate surface area is 122 Å². The summed E-state index contributed by atoms with van der Waals surface area (Å²) in [7, 11) is 0. The molecule has 0 amide bonds. The van der Waals surface area contributed by atoms with E-state index in [9.17, 15) is 4.79 Å². The van der Waals surface area contributed by atoms with Gasteiger partial charge in [0.2, 0.25) is 5.78 Å². The Morgan fingerprint density at radius 3 is 2.71 bits per heavy atom. The van der Waals surface area contributed by atoms with Gasteiger partial charge in [-0.25, -0.2) is 4.98 Å². The third-order valence-corrected chi connectivity index (χ3v) is 3.37. The normalized spacial score (nSPS) is 10.9. The van der Waals surface area contributed by atoms with Crippen molar-refractivity contribution in [3.63, 3.8) is 0 Å². The number of Topliss-reactive ketones (excluding diaryl/α,β-unsaturated/α-hetero) is 1. The number of oxazole rings is 1. The zero-order chi connectivity index (χ0) is 14.5. The number of aromatic nitrogens is 2. The van der Waals surface area contributed by atoms with Crippen molar-refractivity contribution in [1.29, 1.82) is 0 Å². The average molecular weight is 280 g/mol. The van der Waals surface area contributed by atoms with Crippen LogP contribution in [-0.2, 0) is 6.42 Å². The molecule has 4 heteroatoms. The van der Waals surface area contributed by atoms with Crippen LogP contribution in [-0.4, -0.2) is 15.8 Å². The molecular weight excluding hydrogens is 264 g/mol. The number of hydrogen-bond acceptors (Lipinski definition) is 4. The van der Waals surface area contributed by atoms with Gasteiger partial charge < -0.3 is 4.42 Å². The SMILES string of the molecule is O=C(CCCCc1ccccc1)c1nc2ncccc2o1. The first-order valence-electron chi connectivity index (χ1n) is 7.11. The Bertz CT molecular complexity index is 702. The van der Waals surface area contributed by atoms with Crippen LogP contribution >= 0.6 is 0 Å². The van der Waals surface area contributed by atoms with E-state index < -0.39 is 0 Å². The van der Waals surface area contributed by atoms with Crippen LogP contribution in [0.5, 0.6) is 0 Å². The molecular formula is C17H16N2O2. The number of benzene rings is 1. The fourth-order valence-electron chi connectivity index (χ4n) is 2.25. The fraction of sp³-hybridized carbons (Fsp3) is 0.235. The maximum Gasteiger partial charge on any atom is 0.265 e. The number of carbonyl (C=O) groups excluding carboxylic acids is 1. The van der Waals surface area contributed by atoms with Gasteiger partial charge in [-0.15, -0.1) is 0 Å². The number of carbonyl (C=O) groups is 1. The van der Waals surface area contributed by atoms with Crippen molar-refractivity contribution in [3.05, 3.63) is 60.1 Å². The molecule has 1 aromatic carbocycles. The second kappa shape index (κ2) is 6.31. The van der Waals surface area contributed by atoms with E-state index >= 15 is 0 Å². The first-order chi connectivity index (χ1) is 10.3. The van der Waals surface area contributed by atoms with E-state index in [1.807, 2.05) is 18.2 Å². The molecule has 0 radical (unpaired) electrons. The lowest BCUT2D eigenvalue weighted by Gasteiger charge is -2.00. The van der Waals surface area contributed by atoms with Gasteiger partial charge in [-0.1, -0.05) is 30.3 Å². The van der Waals surface area contributed by atoms with Crippen molar-refractivity contribution in [2.45, 2.75) is 25.7 Å². The number of nitrogens with zero attached hydrogens (tertiary/aromatic N) is 2. The standard InChI is InChI=1S/C17H16N2O2/c20-14(10-5-4-9-13-7-2-1-3-8-13)17-19-16-15(21-17)11-6-12-18-16/h1-3,6-8,11-12H,4-5,9-10H2. The van der Waals surface area contributed by atoms with Crippen molar-refractivity contribution in [3.8, 4) is 0 Å². The first-order valence-corrected chi connectivity index (χ1v) is 7.11. The minimum Gasteiger partial charge on any atom is -0.432 e. The number of rotatable bonds is 6. The molecule has 0 N–H and O–H groups in total. The quantitative estimate of drug-likeness (QED) is 0.509. The molecule has 2 aromatic heterocycles. The van der Waals surface area contributed by atoms with Crippen molar-refractivity contribution in [2.24, 2.45) is 0 Å². The zero-order valence-electron chi connectivity index (χ0n) is 11.7. The lowest BCUT2D eigenvalue weighted by atomic mass is 10.1. The van der Waals surface area contributed by atoms with Gasteiger partial charge in [0.05, 0.1) is 0 Å². The van der Waals surface area contributed by atoms with E-state index in [1.54, 1.807) is 18.3 Å².